The molecule has 0 saturated carbocycles. The van der Waals surface area contributed by atoms with Crippen LogP contribution >= 0.6 is 0 Å². The first-order valence-corrected chi connectivity index (χ1v) is 11.7. The fourth-order valence-corrected chi connectivity index (χ4v) is 3.31. The van der Waals surface area contributed by atoms with Crippen molar-refractivity contribution >= 4 is 29.8 Å². The number of nitrogens with two attached hydrogens (primary N) is 1. The van der Waals surface area contributed by atoms with Crippen molar-refractivity contribution in [1.29, 1.82) is 0 Å². The van der Waals surface area contributed by atoms with Crippen LogP contribution in [0.15, 0.2) is 24.3 Å². The topological polar surface area (TPSA) is 198 Å². The molecule has 37 heavy (non-hydrogen) atoms. The van der Waals surface area contributed by atoms with Crippen molar-refractivity contribution in [3.63, 3.8) is 0 Å². The molecule has 2 atom stereocenters. The number of phenols is 1. The molecular formula is C24H36N4O9. The Morgan fingerprint density at radius 2 is 1.78 bits per heavy atom. The zero-order valence-electron chi connectivity index (χ0n) is 21.5. The number of nitrogens with one attached hydrogen (secondary N) is 2. The Hall–Kier alpha value is -3.87. The Kier molecular flexibility index (Phi) is 12.3. The molecule has 0 fully saturated rings. The highest BCUT2D eigenvalue weighted by molar-refractivity contribution is 5.94. The highest BCUT2D eigenvalue weighted by Crippen LogP contribution is 2.29. The average molecular weight is 525 g/mol. The fraction of sp³-hybridized carbons (Fsp3) is 0.542. The lowest BCUT2D eigenvalue weighted by molar-refractivity contribution is -0.145. The number of hydrogen-bond donors (Lipinski definition) is 5. The number of aromatic hydroxyl groups is 1. The molecule has 0 aliphatic carbocycles. The number of alkyl carbamates (subject to hydrolysis) is 1. The molecule has 13 nitrogen and oxygen atoms in total. The van der Waals surface area contributed by atoms with Gasteiger partial charge in [-0.15, -0.1) is 0 Å². The van der Waals surface area contributed by atoms with E-state index in [-0.39, 0.29) is 30.9 Å². The number of para-hydroxylation sites is 1. The van der Waals surface area contributed by atoms with E-state index < -0.39 is 67.0 Å². The molecule has 1 aromatic carbocycles. The number of nitrogens with zero attached hydrogens (tertiary/aromatic N) is 1. The van der Waals surface area contributed by atoms with Crippen molar-refractivity contribution in [3.05, 3.63) is 29.8 Å². The first-order valence-electron chi connectivity index (χ1n) is 11.7. The number of rotatable bonds is 13. The van der Waals surface area contributed by atoms with Crippen LogP contribution in [0.2, 0.25) is 0 Å². The van der Waals surface area contributed by atoms with E-state index in [0.717, 1.165) is 4.90 Å². The number of primary amides is 1. The van der Waals surface area contributed by atoms with Crippen LogP contribution in [0, 0.1) is 0 Å². The number of benzene rings is 1. The summed E-state index contributed by atoms with van der Waals surface area (Å²) in [6.45, 7) is 5.47. The summed E-state index contributed by atoms with van der Waals surface area (Å²) in [5.41, 5.74) is 4.38. The largest absolute Gasteiger partial charge is 0.508 e. The standard InChI is InChI=1S/C24H36N4O9/c1-5-36-19(32)10-11-26-21(33)20(15-8-6-7-9-17(15)30)28(12-13-29)22(34)16(14-18(25)31)27-23(35)37-24(2,3)4/h6-9,16,20,29-30H,5,10-14H2,1-4H3,(H2,25,31)(H,26,33)(H,27,35). The van der Waals surface area contributed by atoms with Gasteiger partial charge in [-0.2, -0.15) is 0 Å². The van der Waals surface area contributed by atoms with E-state index in [1.165, 1.54) is 24.3 Å². The zero-order valence-corrected chi connectivity index (χ0v) is 21.5. The first-order chi connectivity index (χ1) is 17.3. The number of amides is 4. The number of carbonyl (C=O) groups is 5. The summed E-state index contributed by atoms with van der Waals surface area (Å²) in [6, 6.07) is 2.68. The van der Waals surface area contributed by atoms with E-state index in [9.17, 15) is 34.2 Å². The molecule has 1 rings (SSSR count). The second-order valence-corrected chi connectivity index (χ2v) is 8.93. The van der Waals surface area contributed by atoms with Crippen molar-refractivity contribution in [2.75, 3.05) is 26.3 Å². The number of carbonyl (C=O) groups excluding carboxylic acids is 5. The number of hydrogen-bond acceptors (Lipinski definition) is 9. The maximum Gasteiger partial charge on any atom is 0.408 e. The molecule has 2 unspecified atom stereocenters. The average Bonchev–Trinajstić information content (AvgIpc) is 2.77. The number of phenolic OH excluding ortho intramolecular Hbond substituents is 1. The molecule has 0 spiro atoms. The number of esters is 1. The summed E-state index contributed by atoms with van der Waals surface area (Å²) < 4.78 is 9.99. The zero-order chi connectivity index (χ0) is 28.2. The smallest absolute Gasteiger partial charge is 0.408 e. The Balaban J connectivity index is 3.36. The van der Waals surface area contributed by atoms with Gasteiger partial charge in [0, 0.05) is 18.7 Å². The SMILES string of the molecule is CCOC(=O)CCNC(=O)C(c1ccccc1O)N(CCO)C(=O)C(CC(N)=O)NC(=O)OC(C)(C)C. The van der Waals surface area contributed by atoms with Gasteiger partial charge in [-0.3, -0.25) is 19.2 Å². The second kappa shape index (κ2) is 14.6. The normalized spacial score (nSPS) is 12.6. The molecule has 13 heteroatoms. The summed E-state index contributed by atoms with van der Waals surface area (Å²) in [4.78, 5) is 63.4. The van der Waals surface area contributed by atoms with Crippen LogP contribution in [0.4, 0.5) is 4.79 Å². The fourth-order valence-electron chi connectivity index (χ4n) is 3.31. The van der Waals surface area contributed by atoms with Gasteiger partial charge < -0.3 is 41.0 Å². The van der Waals surface area contributed by atoms with E-state index >= 15 is 0 Å². The molecule has 0 aliphatic rings. The molecule has 6 N–H and O–H groups in total. The maximum atomic E-state index is 13.6. The van der Waals surface area contributed by atoms with Crippen molar-refractivity contribution in [1.82, 2.24) is 15.5 Å². The minimum absolute atomic E-state index is 0.00743. The summed E-state index contributed by atoms with van der Waals surface area (Å²) in [7, 11) is 0. The lowest BCUT2D eigenvalue weighted by atomic mass is 10.0. The molecule has 0 radical (unpaired) electrons. The van der Waals surface area contributed by atoms with Gasteiger partial charge in [0.25, 0.3) is 0 Å². The van der Waals surface area contributed by atoms with E-state index in [2.05, 4.69) is 10.6 Å². The molecule has 0 saturated heterocycles. The van der Waals surface area contributed by atoms with Crippen LogP contribution in [0.25, 0.3) is 0 Å². The molecule has 0 aromatic heterocycles. The highest BCUT2D eigenvalue weighted by atomic mass is 16.6. The molecule has 0 heterocycles. The van der Waals surface area contributed by atoms with Crippen LogP contribution in [-0.4, -0.2) is 82.8 Å². The molecule has 1 aromatic rings. The predicted octanol–water partition coefficient (Wildman–Crippen LogP) is 0.0923. The Bertz CT molecular complexity index is 962. The number of ether oxygens (including phenoxy) is 2. The summed E-state index contributed by atoms with van der Waals surface area (Å²) >= 11 is 0. The van der Waals surface area contributed by atoms with E-state index in [4.69, 9.17) is 15.2 Å². The van der Waals surface area contributed by atoms with Gasteiger partial charge in [0.1, 0.15) is 23.4 Å². The van der Waals surface area contributed by atoms with E-state index in [0.29, 0.717) is 0 Å². The molecular weight excluding hydrogens is 488 g/mol. The van der Waals surface area contributed by atoms with Crippen molar-refractivity contribution in [3.8, 4) is 5.75 Å². The summed E-state index contributed by atoms with van der Waals surface area (Å²) in [5, 5.41) is 24.9. The van der Waals surface area contributed by atoms with Crippen molar-refractivity contribution in [2.45, 2.75) is 58.2 Å². The Morgan fingerprint density at radius 1 is 1.14 bits per heavy atom. The monoisotopic (exact) mass is 524 g/mol. The van der Waals surface area contributed by atoms with Gasteiger partial charge in [-0.25, -0.2) is 4.79 Å². The molecule has 0 aliphatic heterocycles. The molecule has 4 amide bonds. The lowest BCUT2D eigenvalue weighted by Crippen LogP contribution is -2.54. The van der Waals surface area contributed by atoms with E-state index in [1.54, 1.807) is 27.7 Å². The second-order valence-electron chi connectivity index (χ2n) is 8.93. The van der Waals surface area contributed by atoms with Gasteiger partial charge >= 0.3 is 12.1 Å². The van der Waals surface area contributed by atoms with Crippen molar-refractivity contribution in [2.24, 2.45) is 5.73 Å². The van der Waals surface area contributed by atoms with Gasteiger partial charge in [0.2, 0.25) is 17.7 Å². The van der Waals surface area contributed by atoms with Gasteiger partial charge in [-0.05, 0) is 33.8 Å². The van der Waals surface area contributed by atoms with Crippen LogP contribution in [0.3, 0.4) is 0 Å². The van der Waals surface area contributed by atoms with Gasteiger partial charge in [0.15, 0.2) is 0 Å². The maximum absolute atomic E-state index is 13.6. The third-order valence-corrected chi connectivity index (χ3v) is 4.74. The van der Waals surface area contributed by atoms with E-state index in [1.807, 2.05) is 0 Å². The minimum atomic E-state index is -1.54. The highest BCUT2D eigenvalue weighted by Gasteiger charge is 2.37. The quantitative estimate of drug-likeness (QED) is 0.222. The Morgan fingerprint density at radius 3 is 2.32 bits per heavy atom. The first kappa shape index (κ1) is 31.2. The van der Waals surface area contributed by atoms with Gasteiger partial charge in [0.05, 0.1) is 26.1 Å². The minimum Gasteiger partial charge on any atom is -0.508 e. The number of aliphatic hydroxyl groups is 1. The number of aliphatic hydroxyl groups excluding tert-OH is 1. The Labute approximate surface area is 215 Å². The molecule has 0 bridgehead atoms. The third kappa shape index (κ3) is 10.7. The van der Waals surface area contributed by atoms with Gasteiger partial charge in [-0.1, -0.05) is 18.2 Å². The van der Waals surface area contributed by atoms with Crippen LogP contribution in [-0.2, 0) is 28.7 Å². The summed E-state index contributed by atoms with van der Waals surface area (Å²) in [6.07, 6.45) is -1.78. The van der Waals surface area contributed by atoms with Crippen LogP contribution < -0.4 is 16.4 Å². The third-order valence-electron chi connectivity index (χ3n) is 4.74. The van der Waals surface area contributed by atoms with Crippen LogP contribution in [0.1, 0.15) is 52.1 Å². The van der Waals surface area contributed by atoms with Crippen LogP contribution in [0.5, 0.6) is 5.75 Å². The predicted molar refractivity (Wildman–Crippen MR) is 131 cm³/mol. The lowest BCUT2D eigenvalue weighted by Gasteiger charge is -2.34. The van der Waals surface area contributed by atoms with Crippen molar-refractivity contribution < 1.29 is 43.7 Å². The molecule has 206 valence electrons. The summed E-state index contributed by atoms with van der Waals surface area (Å²) in [5.74, 6) is -3.52.